The van der Waals surface area contributed by atoms with Gasteiger partial charge in [0, 0.05) is 47.7 Å². The van der Waals surface area contributed by atoms with Crippen LogP contribution in [-0.2, 0) is 0 Å². The fourth-order valence-electron chi connectivity index (χ4n) is 8.34. The molecule has 3 heteroatoms. The van der Waals surface area contributed by atoms with Crippen molar-refractivity contribution in [3.05, 3.63) is 182 Å². The average molecular weight is 667 g/mol. The fourth-order valence-corrected chi connectivity index (χ4v) is 9.48. The van der Waals surface area contributed by atoms with Crippen molar-refractivity contribution in [2.45, 2.75) is 0 Å². The SMILES string of the molecule is c1ccc(-n2c3ccccc3c3c(N(c4ccc5c(c4)sc4ccccc45)c4cc5ccccc5c5c4ccc4ccccc45)cccc32)cc1. The number of rotatable bonds is 4. The zero-order valence-corrected chi connectivity index (χ0v) is 28.4. The molecule has 0 saturated heterocycles. The summed E-state index contributed by atoms with van der Waals surface area (Å²) in [5.74, 6) is 0. The molecular formula is C48H30N2S. The molecule has 0 aliphatic carbocycles. The van der Waals surface area contributed by atoms with Crippen LogP contribution < -0.4 is 4.90 Å². The Hall–Kier alpha value is -6.42. The largest absolute Gasteiger partial charge is 0.309 e. The molecular weight excluding hydrogens is 637 g/mol. The Morgan fingerprint density at radius 3 is 1.88 bits per heavy atom. The first-order valence-corrected chi connectivity index (χ1v) is 18.3. The molecule has 238 valence electrons. The van der Waals surface area contributed by atoms with E-state index >= 15 is 0 Å². The molecule has 0 bridgehead atoms. The normalized spacial score (nSPS) is 11.9. The molecule has 0 spiro atoms. The molecule has 51 heavy (non-hydrogen) atoms. The van der Waals surface area contributed by atoms with Crippen LogP contribution in [0.1, 0.15) is 0 Å². The maximum atomic E-state index is 2.53. The van der Waals surface area contributed by atoms with E-state index in [2.05, 4.69) is 191 Å². The summed E-state index contributed by atoms with van der Waals surface area (Å²) in [7, 11) is 0. The van der Waals surface area contributed by atoms with Crippen LogP contribution in [0.4, 0.5) is 17.1 Å². The molecule has 0 radical (unpaired) electrons. The highest BCUT2D eigenvalue weighted by molar-refractivity contribution is 7.25. The van der Waals surface area contributed by atoms with Gasteiger partial charge in [-0.15, -0.1) is 11.3 Å². The third-order valence-electron chi connectivity index (χ3n) is 10.5. The van der Waals surface area contributed by atoms with Gasteiger partial charge in [0.2, 0.25) is 0 Å². The Morgan fingerprint density at radius 1 is 0.373 bits per heavy atom. The average Bonchev–Trinajstić information content (AvgIpc) is 3.74. The van der Waals surface area contributed by atoms with Crippen molar-refractivity contribution in [1.29, 1.82) is 0 Å². The lowest BCUT2D eigenvalue weighted by atomic mass is 9.94. The maximum Gasteiger partial charge on any atom is 0.0562 e. The van der Waals surface area contributed by atoms with E-state index in [-0.39, 0.29) is 0 Å². The molecule has 0 aliphatic heterocycles. The van der Waals surface area contributed by atoms with Crippen molar-refractivity contribution < 1.29 is 0 Å². The van der Waals surface area contributed by atoms with E-state index in [1.165, 1.54) is 80.0 Å². The number of thiophene rings is 1. The maximum absolute atomic E-state index is 2.53. The lowest BCUT2D eigenvalue weighted by Crippen LogP contribution is -2.11. The van der Waals surface area contributed by atoms with Gasteiger partial charge in [-0.05, 0) is 81.5 Å². The number of benzene rings is 9. The topological polar surface area (TPSA) is 8.17 Å². The summed E-state index contributed by atoms with van der Waals surface area (Å²) >= 11 is 1.87. The number of fused-ring (bicyclic) bond motifs is 11. The number of para-hydroxylation sites is 2. The van der Waals surface area contributed by atoms with Crippen LogP contribution in [0.2, 0.25) is 0 Å². The highest BCUT2D eigenvalue weighted by Gasteiger charge is 2.24. The smallest absolute Gasteiger partial charge is 0.0562 e. The molecule has 0 aliphatic rings. The number of nitrogens with zero attached hydrogens (tertiary/aromatic N) is 2. The third kappa shape index (κ3) is 4.22. The monoisotopic (exact) mass is 666 g/mol. The first-order chi connectivity index (χ1) is 25.3. The van der Waals surface area contributed by atoms with E-state index in [0.717, 1.165) is 17.1 Å². The van der Waals surface area contributed by atoms with Crippen LogP contribution in [0.3, 0.4) is 0 Å². The summed E-state index contributed by atoms with van der Waals surface area (Å²) in [6, 6.07) is 66.8. The molecule has 2 aromatic heterocycles. The molecule has 0 N–H and O–H groups in total. The number of hydrogen-bond donors (Lipinski definition) is 0. The van der Waals surface area contributed by atoms with E-state index in [1.54, 1.807) is 0 Å². The van der Waals surface area contributed by atoms with Gasteiger partial charge in [0.1, 0.15) is 0 Å². The first-order valence-electron chi connectivity index (χ1n) is 17.4. The molecule has 11 aromatic rings. The van der Waals surface area contributed by atoms with Crippen molar-refractivity contribution in [3.8, 4) is 5.69 Å². The minimum atomic E-state index is 1.14. The molecule has 9 aromatic carbocycles. The van der Waals surface area contributed by atoms with Gasteiger partial charge in [0.25, 0.3) is 0 Å². The minimum Gasteiger partial charge on any atom is -0.309 e. The van der Waals surface area contributed by atoms with Crippen LogP contribution in [0, 0.1) is 0 Å². The fraction of sp³-hybridized carbons (Fsp3) is 0. The highest BCUT2D eigenvalue weighted by Crippen LogP contribution is 2.49. The Morgan fingerprint density at radius 2 is 1.02 bits per heavy atom. The summed E-state index contributed by atoms with van der Waals surface area (Å²) in [6.45, 7) is 0. The predicted molar refractivity (Wildman–Crippen MR) is 221 cm³/mol. The van der Waals surface area contributed by atoms with Crippen LogP contribution in [0.25, 0.3) is 80.0 Å². The minimum absolute atomic E-state index is 1.14. The Kier molecular flexibility index (Phi) is 6.16. The molecule has 2 nitrogen and oxygen atoms in total. The van der Waals surface area contributed by atoms with E-state index < -0.39 is 0 Å². The summed E-state index contributed by atoms with van der Waals surface area (Å²) in [5.41, 5.74) is 7.00. The zero-order chi connectivity index (χ0) is 33.5. The molecule has 11 rings (SSSR count). The van der Waals surface area contributed by atoms with Crippen molar-refractivity contribution in [1.82, 2.24) is 4.57 Å². The summed E-state index contributed by atoms with van der Waals surface area (Å²) in [4.78, 5) is 2.53. The van der Waals surface area contributed by atoms with Crippen molar-refractivity contribution >= 4 is 103 Å². The summed E-state index contributed by atoms with van der Waals surface area (Å²) in [6.07, 6.45) is 0. The van der Waals surface area contributed by atoms with Crippen LogP contribution >= 0.6 is 11.3 Å². The Bertz CT molecular complexity index is 3130. The van der Waals surface area contributed by atoms with E-state index in [4.69, 9.17) is 0 Å². The van der Waals surface area contributed by atoms with Crippen LogP contribution in [0.5, 0.6) is 0 Å². The second kappa shape index (κ2) is 11.0. The number of aromatic nitrogens is 1. The molecule has 0 fully saturated rings. The van der Waals surface area contributed by atoms with Gasteiger partial charge in [-0.1, -0.05) is 127 Å². The van der Waals surface area contributed by atoms with Gasteiger partial charge in [-0.2, -0.15) is 0 Å². The van der Waals surface area contributed by atoms with Crippen molar-refractivity contribution in [3.63, 3.8) is 0 Å². The molecule has 0 unspecified atom stereocenters. The Labute approximate surface area is 298 Å². The third-order valence-corrected chi connectivity index (χ3v) is 11.7. The van der Waals surface area contributed by atoms with E-state index in [9.17, 15) is 0 Å². The van der Waals surface area contributed by atoms with Gasteiger partial charge in [-0.3, -0.25) is 0 Å². The predicted octanol–water partition coefficient (Wildman–Crippen LogP) is 14.1. The van der Waals surface area contributed by atoms with Crippen molar-refractivity contribution in [2.75, 3.05) is 4.90 Å². The van der Waals surface area contributed by atoms with Crippen molar-refractivity contribution in [2.24, 2.45) is 0 Å². The zero-order valence-electron chi connectivity index (χ0n) is 27.6. The number of hydrogen-bond acceptors (Lipinski definition) is 2. The van der Waals surface area contributed by atoms with Gasteiger partial charge in [0.05, 0.1) is 22.4 Å². The Balaban J connectivity index is 1.30. The molecule has 0 saturated carbocycles. The van der Waals surface area contributed by atoms with Gasteiger partial charge in [-0.25, -0.2) is 0 Å². The second-order valence-electron chi connectivity index (χ2n) is 13.3. The summed E-state index contributed by atoms with van der Waals surface area (Å²) in [5, 5.41) is 12.6. The van der Waals surface area contributed by atoms with E-state index in [1.807, 2.05) is 11.3 Å². The standard InChI is InChI=1S/C48H30N2S/c1-2-15-33(16-3-1)49-41-21-10-8-20-39(41)48-42(49)22-12-23-43(48)50(34-26-28-38-37-19-9-11-24-45(37)51-46(38)30-34)44-29-32-14-5-7-18-36(32)47-35-17-6-4-13-31(35)25-27-40(44)47/h1-30H. The highest BCUT2D eigenvalue weighted by atomic mass is 32.1. The lowest BCUT2D eigenvalue weighted by molar-refractivity contribution is 1.18. The molecule has 0 amide bonds. The second-order valence-corrected chi connectivity index (χ2v) is 14.4. The van der Waals surface area contributed by atoms with Gasteiger partial charge in [0.15, 0.2) is 0 Å². The quantitative estimate of drug-likeness (QED) is 0.170. The van der Waals surface area contributed by atoms with Crippen LogP contribution in [-0.4, -0.2) is 4.57 Å². The molecule has 2 heterocycles. The van der Waals surface area contributed by atoms with Crippen LogP contribution in [0.15, 0.2) is 182 Å². The van der Waals surface area contributed by atoms with Gasteiger partial charge >= 0.3 is 0 Å². The molecule has 0 atom stereocenters. The first kappa shape index (κ1) is 28.4. The lowest BCUT2D eigenvalue weighted by Gasteiger charge is -2.29. The summed E-state index contributed by atoms with van der Waals surface area (Å²) < 4.78 is 5.01. The number of anilines is 3. The van der Waals surface area contributed by atoms with Gasteiger partial charge < -0.3 is 9.47 Å². The van der Waals surface area contributed by atoms with E-state index in [0.29, 0.717) is 0 Å².